The van der Waals surface area contributed by atoms with Gasteiger partial charge in [-0.2, -0.15) is 9.29 Å². The Balaban J connectivity index is 1.84. The largest absolute Gasteiger partial charge is 0.481 e. The number of nitrogen functional groups attached to an aromatic ring is 1. The normalized spacial score (nSPS) is 19.8. The van der Waals surface area contributed by atoms with Crippen LogP contribution in [0.4, 0.5) is 5.82 Å². The highest BCUT2D eigenvalue weighted by molar-refractivity contribution is 7.61. The SMILES string of the molecule is CC/C=C\C/C=C\C/C=C\C/C=C\C/C=C\C/C=C\CCC(=O)O[C@H](COC(=O)CCCCCCC/C=C\CCCCCCCC)COP(=O)(O)OP(=O)(O)OC[C@H]1O[C@@H](n2ccc(N)nc2=O)C(O)[C@H]1O. The van der Waals surface area contributed by atoms with Gasteiger partial charge < -0.3 is 39.9 Å². The van der Waals surface area contributed by atoms with Crippen LogP contribution in [0.2, 0.25) is 0 Å². The summed E-state index contributed by atoms with van der Waals surface area (Å²) in [5, 5.41) is 20.9. The Bertz CT molecular complexity index is 2040. The predicted molar refractivity (Wildman–Crippen MR) is 279 cm³/mol. The fourth-order valence-electron chi connectivity index (χ4n) is 7.04. The molecule has 7 atom stereocenters. The molecule has 1 fully saturated rings. The van der Waals surface area contributed by atoms with Crippen LogP contribution in [0.1, 0.15) is 161 Å². The van der Waals surface area contributed by atoms with Gasteiger partial charge in [0.25, 0.3) is 0 Å². The highest BCUT2D eigenvalue weighted by Crippen LogP contribution is 2.60. The van der Waals surface area contributed by atoms with E-state index in [1.54, 1.807) is 6.08 Å². The molecular weight excluding hydrogens is 969 g/mol. The number of nitrogens with two attached hydrogens (primary N) is 1. The number of aliphatic hydroxyl groups excluding tert-OH is 2. The van der Waals surface area contributed by atoms with Crippen molar-refractivity contribution in [1.82, 2.24) is 9.55 Å². The Morgan fingerprint density at radius 2 is 1.19 bits per heavy atom. The van der Waals surface area contributed by atoms with Crippen molar-refractivity contribution < 1.29 is 66.3 Å². The Labute approximate surface area is 427 Å². The van der Waals surface area contributed by atoms with Crippen LogP contribution >= 0.6 is 15.6 Å². The highest BCUT2D eigenvalue weighted by atomic mass is 31.3. The first-order chi connectivity index (χ1) is 34.7. The van der Waals surface area contributed by atoms with Crippen molar-refractivity contribution in [3.05, 3.63) is 108 Å². The summed E-state index contributed by atoms with van der Waals surface area (Å²) in [6, 6.07) is 1.24. The fourth-order valence-corrected chi connectivity index (χ4v) is 9.15. The first-order valence-corrected chi connectivity index (χ1v) is 28.6. The van der Waals surface area contributed by atoms with E-state index in [0.29, 0.717) is 19.3 Å². The van der Waals surface area contributed by atoms with Gasteiger partial charge >= 0.3 is 33.3 Å². The summed E-state index contributed by atoms with van der Waals surface area (Å²) in [6.07, 6.45) is 42.5. The van der Waals surface area contributed by atoms with Crippen LogP contribution in [0.15, 0.2) is 102 Å². The zero-order valence-corrected chi connectivity index (χ0v) is 44.2. The maximum absolute atomic E-state index is 12.8. The van der Waals surface area contributed by atoms with Crippen LogP contribution in [-0.2, 0) is 46.3 Å². The summed E-state index contributed by atoms with van der Waals surface area (Å²) in [6.45, 7) is 1.95. The number of allylic oxidation sites excluding steroid dienone is 14. The second-order valence-corrected chi connectivity index (χ2v) is 20.3. The van der Waals surface area contributed by atoms with Gasteiger partial charge in [-0.1, -0.05) is 150 Å². The molecule has 0 saturated carbocycles. The third-order valence-corrected chi connectivity index (χ3v) is 13.6. The molecule has 0 radical (unpaired) electrons. The molecule has 2 heterocycles. The fraction of sp³-hybridized carbons (Fsp3) is 0.615. The summed E-state index contributed by atoms with van der Waals surface area (Å²) in [5.74, 6) is -1.41. The Hall–Kier alpha value is -4.06. The van der Waals surface area contributed by atoms with Crippen molar-refractivity contribution in [2.24, 2.45) is 0 Å². The van der Waals surface area contributed by atoms with Crippen LogP contribution in [0.25, 0.3) is 0 Å². The van der Waals surface area contributed by atoms with E-state index < -0.39 is 83.7 Å². The standard InChI is InChI=1S/C52H83N3O15P2/c1-3-5-7-9-11-13-15-17-19-20-21-22-24-26-28-30-32-34-36-38-48(57)68-44(41-65-47(56)37-35-33-31-29-27-25-23-18-16-14-12-10-8-6-4-2)42-66-71(61,62)70-72(63,64)67-43-45-49(58)50(59)51(69-45)55-40-39-46(53)54-52(55)60/h5,7,11,13,17-19,21-23,26,28,32,34,39-40,44-45,49-51,58-59H,3-4,6,8-10,12,14-16,20,24-25,27,29-31,33,35-38,41-43H2,1-2H3,(H,61,62)(H,63,64)(H2,53,54,60)/b7-5-,13-11-,19-17-,22-21-,23-18-,28-26-,34-32-/t44-,45-,49+,50?,51-/m1/s1. The number of phosphoric acid groups is 2. The molecule has 0 aromatic carbocycles. The lowest BCUT2D eigenvalue weighted by atomic mass is 10.1. The highest BCUT2D eigenvalue weighted by Gasteiger charge is 2.46. The van der Waals surface area contributed by atoms with Crippen LogP contribution in [-0.4, -0.2) is 85.7 Å². The Kier molecular flexibility index (Phi) is 35.1. The molecule has 1 saturated heterocycles. The minimum Gasteiger partial charge on any atom is -0.462 e. The number of aromatic nitrogens is 2. The monoisotopic (exact) mass is 1050 g/mol. The average Bonchev–Trinajstić information content (AvgIpc) is 3.62. The number of phosphoric ester groups is 2. The summed E-state index contributed by atoms with van der Waals surface area (Å²) >= 11 is 0. The van der Waals surface area contributed by atoms with Gasteiger partial charge in [0.1, 0.15) is 30.7 Å². The molecule has 406 valence electrons. The average molecular weight is 1050 g/mol. The van der Waals surface area contributed by atoms with Gasteiger partial charge in [0, 0.05) is 19.0 Å². The zero-order chi connectivity index (χ0) is 52.7. The molecular formula is C52H83N3O15P2. The van der Waals surface area contributed by atoms with Gasteiger partial charge in [-0.3, -0.25) is 23.2 Å². The Morgan fingerprint density at radius 3 is 1.76 bits per heavy atom. The molecule has 2 rings (SSSR count). The number of carbonyl (C=O) groups is 2. The van der Waals surface area contributed by atoms with Crippen molar-refractivity contribution in [3.63, 3.8) is 0 Å². The van der Waals surface area contributed by atoms with E-state index in [-0.39, 0.29) is 18.7 Å². The number of hydrogen-bond donors (Lipinski definition) is 5. The summed E-state index contributed by atoms with van der Waals surface area (Å²) in [5.41, 5.74) is 4.58. The number of rotatable bonds is 41. The minimum atomic E-state index is -5.44. The maximum Gasteiger partial charge on any atom is 0.481 e. The van der Waals surface area contributed by atoms with Crippen LogP contribution < -0.4 is 11.4 Å². The quantitative estimate of drug-likeness (QED) is 0.0177. The van der Waals surface area contributed by atoms with Crippen molar-refractivity contribution in [2.75, 3.05) is 25.6 Å². The van der Waals surface area contributed by atoms with E-state index in [2.05, 4.69) is 83.9 Å². The molecule has 1 aromatic heterocycles. The molecule has 6 N–H and O–H groups in total. The summed E-state index contributed by atoms with van der Waals surface area (Å²) in [4.78, 5) is 61.9. The van der Waals surface area contributed by atoms with Gasteiger partial charge in [0.2, 0.25) is 0 Å². The Morgan fingerprint density at radius 1 is 0.681 bits per heavy atom. The lowest BCUT2D eigenvalue weighted by Crippen LogP contribution is -2.36. The summed E-state index contributed by atoms with van der Waals surface area (Å²) in [7, 11) is -10.9. The van der Waals surface area contributed by atoms with E-state index in [0.717, 1.165) is 81.4 Å². The number of aliphatic hydroxyl groups is 2. The van der Waals surface area contributed by atoms with Crippen molar-refractivity contribution in [3.8, 4) is 0 Å². The summed E-state index contributed by atoms with van der Waals surface area (Å²) < 4.78 is 56.7. The van der Waals surface area contributed by atoms with E-state index in [9.17, 15) is 43.5 Å². The molecule has 1 aromatic rings. The number of anilines is 1. The predicted octanol–water partition coefficient (Wildman–Crippen LogP) is 10.7. The lowest BCUT2D eigenvalue weighted by Gasteiger charge is -2.21. The molecule has 0 amide bonds. The third-order valence-electron chi connectivity index (χ3n) is 11.0. The number of unbranched alkanes of at least 4 members (excludes halogenated alkanes) is 11. The van der Waals surface area contributed by atoms with Crippen LogP contribution in [0.5, 0.6) is 0 Å². The molecule has 0 bridgehead atoms. The number of nitrogens with zero attached hydrogens (tertiary/aromatic N) is 2. The number of esters is 2. The van der Waals surface area contributed by atoms with E-state index in [1.165, 1.54) is 44.6 Å². The van der Waals surface area contributed by atoms with Gasteiger partial charge in [0.15, 0.2) is 12.3 Å². The van der Waals surface area contributed by atoms with E-state index in [1.807, 2.05) is 18.2 Å². The van der Waals surface area contributed by atoms with Gasteiger partial charge in [-0.15, -0.1) is 0 Å². The van der Waals surface area contributed by atoms with Crippen LogP contribution in [0.3, 0.4) is 0 Å². The van der Waals surface area contributed by atoms with Gasteiger partial charge in [0.05, 0.1) is 13.2 Å². The molecule has 18 nitrogen and oxygen atoms in total. The second kappa shape index (κ2) is 39.4. The first-order valence-electron chi connectivity index (χ1n) is 25.6. The van der Waals surface area contributed by atoms with E-state index in [4.69, 9.17) is 29.0 Å². The minimum absolute atomic E-state index is 0.0807. The molecule has 72 heavy (non-hydrogen) atoms. The zero-order valence-electron chi connectivity index (χ0n) is 42.4. The number of hydrogen-bond acceptors (Lipinski definition) is 15. The smallest absolute Gasteiger partial charge is 0.462 e. The second-order valence-electron chi connectivity index (χ2n) is 17.3. The number of ether oxygens (including phenoxy) is 3. The first kappa shape index (κ1) is 64.1. The molecule has 0 aliphatic carbocycles. The van der Waals surface area contributed by atoms with Gasteiger partial charge in [-0.05, 0) is 83.1 Å². The van der Waals surface area contributed by atoms with Gasteiger partial charge in [-0.25, -0.2) is 13.9 Å². The lowest BCUT2D eigenvalue weighted by molar-refractivity contribution is -0.161. The molecule has 0 spiro atoms. The maximum atomic E-state index is 12.8. The van der Waals surface area contributed by atoms with Crippen molar-refractivity contribution in [2.45, 2.75) is 186 Å². The third kappa shape index (κ3) is 31.5. The van der Waals surface area contributed by atoms with Crippen molar-refractivity contribution in [1.29, 1.82) is 0 Å². The topological polar surface area (TPSA) is 265 Å². The molecule has 20 heteroatoms. The molecule has 1 aliphatic heterocycles. The van der Waals surface area contributed by atoms with E-state index >= 15 is 0 Å². The molecule has 1 aliphatic rings. The number of carbonyl (C=O) groups excluding carboxylic acids is 2. The van der Waals surface area contributed by atoms with Crippen molar-refractivity contribution >= 4 is 33.4 Å². The molecule has 3 unspecified atom stereocenters. The van der Waals surface area contributed by atoms with Crippen LogP contribution in [0, 0.1) is 0 Å².